The van der Waals surface area contributed by atoms with E-state index in [0.29, 0.717) is 24.2 Å². The Bertz CT molecular complexity index is 1470. The Balaban J connectivity index is 1.46. The Kier molecular flexibility index (Phi) is 5.76. The number of benzene rings is 3. The third kappa shape index (κ3) is 4.25. The van der Waals surface area contributed by atoms with Crippen molar-refractivity contribution in [1.29, 1.82) is 5.41 Å². The van der Waals surface area contributed by atoms with Gasteiger partial charge >= 0.3 is 0 Å². The van der Waals surface area contributed by atoms with Crippen LogP contribution in [0, 0.1) is 29.8 Å². The summed E-state index contributed by atoms with van der Waals surface area (Å²) in [6, 6.07) is 13.3. The number of carbonyl (C=O) groups is 1. The Morgan fingerprint density at radius 1 is 0.943 bits per heavy atom. The van der Waals surface area contributed by atoms with Gasteiger partial charge in [-0.3, -0.25) is 10.2 Å². The maximum absolute atomic E-state index is 14.9. The van der Waals surface area contributed by atoms with Gasteiger partial charge in [0, 0.05) is 19.2 Å². The number of fused-ring (bicyclic) bond motifs is 1. The summed E-state index contributed by atoms with van der Waals surface area (Å²) in [6.45, 7) is 2.88. The number of likely N-dealkylation sites (tertiary alicyclic amines) is 1. The average Bonchev–Trinajstić information content (AvgIpc) is 3.50. The van der Waals surface area contributed by atoms with Crippen LogP contribution < -0.4 is 5.32 Å². The first-order valence-electron chi connectivity index (χ1n) is 11.2. The van der Waals surface area contributed by atoms with E-state index in [1.807, 2.05) is 12.1 Å². The first kappa shape index (κ1) is 22.6. The maximum Gasteiger partial charge on any atom is 0.274 e. The molecular weight excluding hydrogens is 455 g/mol. The molecule has 2 N–H and O–H groups in total. The standard InChI is InChI=1S/C26H22F3N5O/c1-15-10-24(34(32-15)23-12-17-7-3-2-6-16(17)11-21(23)29)26(35)31-22-14-19(27)18(13-20(22)28)25(30)33-8-4-5-9-33/h2-3,6-7,10-14,30H,4-5,8-9H2,1H3,(H,31,35). The Morgan fingerprint density at radius 3 is 2.34 bits per heavy atom. The molecule has 1 fully saturated rings. The van der Waals surface area contributed by atoms with Crippen molar-refractivity contribution in [3.63, 3.8) is 0 Å². The molecule has 1 amide bonds. The number of aryl methyl sites for hydroxylation is 1. The van der Waals surface area contributed by atoms with Crippen LogP contribution in [0.1, 0.15) is 34.6 Å². The fraction of sp³-hybridized carbons (Fsp3) is 0.192. The summed E-state index contributed by atoms with van der Waals surface area (Å²) in [5.41, 5.74) is -0.0754. The number of amides is 1. The molecule has 1 saturated heterocycles. The van der Waals surface area contributed by atoms with Gasteiger partial charge in [-0.05, 0) is 54.8 Å². The highest BCUT2D eigenvalue weighted by Gasteiger charge is 2.23. The van der Waals surface area contributed by atoms with Crippen molar-refractivity contribution >= 4 is 28.2 Å². The lowest BCUT2D eigenvalue weighted by atomic mass is 10.1. The number of hydrogen-bond acceptors (Lipinski definition) is 3. The molecule has 0 unspecified atom stereocenters. The fourth-order valence-electron chi connectivity index (χ4n) is 4.33. The lowest BCUT2D eigenvalue weighted by Gasteiger charge is -2.19. The molecule has 178 valence electrons. The lowest BCUT2D eigenvalue weighted by Crippen LogP contribution is -2.28. The zero-order valence-corrected chi connectivity index (χ0v) is 18.9. The number of hydrogen-bond donors (Lipinski definition) is 2. The van der Waals surface area contributed by atoms with Gasteiger partial charge in [-0.15, -0.1) is 0 Å². The van der Waals surface area contributed by atoms with Crippen molar-refractivity contribution in [3.05, 3.63) is 89.0 Å². The summed E-state index contributed by atoms with van der Waals surface area (Å²) in [4.78, 5) is 14.7. The van der Waals surface area contributed by atoms with E-state index in [0.717, 1.165) is 35.0 Å². The van der Waals surface area contributed by atoms with Gasteiger partial charge < -0.3 is 10.2 Å². The number of halogens is 3. The molecule has 5 rings (SSSR count). The number of rotatable bonds is 4. The van der Waals surface area contributed by atoms with E-state index in [9.17, 15) is 18.0 Å². The second-order valence-electron chi connectivity index (χ2n) is 8.54. The van der Waals surface area contributed by atoms with Crippen molar-refractivity contribution in [1.82, 2.24) is 14.7 Å². The predicted molar refractivity (Wildman–Crippen MR) is 128 cm³/mol. The maximum atomic E-state index is 14.9. The topological polar surface area (TPSA) is 74.0 Å². The van der Waals surface area contributed by atoms with E-state index in [-0.39, 0.29) is 28.5 Å². The van der Waals surface area contributed by atoms with Crippen LogP contribution in [0.25, 0.3) is 16.5 Å². The second-order valence-corrected chi connectivity index (χ2v) is 8.54. The summed E-state index contributed by atoms with van der Waals surface area (Å²) in [7, 11) is 0. The molecule has 3 aromatic carbocycles. The van der Waals surface area contributed by atoms with Crippen molar-refractivity contribution in [2.24, 2.45) is 0 Å². The van der Waals surface area contributed by atoms with Crippen LogP contribution in [-0.4, -0.2) is 39.5 Å². The van der Waals surface area contributed by atoms with Crippen LogP contribution in [-0.2, 0) is 0 Å². The van der Waals surface area contributed by atoms with Crippen LogP contribution in [0.4, 0.5) is 18.9 Å². The van der Waals surface area contributed by atoms with Crippen molar-refractivity contribution in [2.75, 3.05) is 18.4 Å². The summed E-state index contributed by atoms with van der Waals surface area (Å²) in [5, 5.41) is 16.3. The molecule has 1 aliphatic heterocycles. The lowest BCUT2D eigenvalue weighted by molar-refractivity contribution is 0.101. The molecule has 4 aromatic rings. The van der Waals surface area contributed by atoms with Gasteiger partial charge in [0.2, 0.25) is 0 Å². The summed E-state index contributed by atoms with van der Waals surface area (Å²) in [5.74, 6) is -3.14. The quantitative estimate of drug-likeness (QED) is 0.304. The number of carbonyl (C=O) groups excluding carboxylic acids is 1. The molecule has 0 saturated carbocycles. The van der Waals surface area contributed by atoms with Gasteiger partial charge in [0.25, 0.3) is 5.91 Å². The zero-order valence-electron chi connectivity index (χ0n) is 18.9. The molecule has 2 heterocycles. The smallest absolute Gasteiger partial charge is 0.274 e. The molecule has 1 aromatic heterocycles. The number of amidine groups is 1. The zero-order chi connectivity index (χ0) is 24.7. The molecular formula is C26H22F3N5O. The van der Waals surface area contributed by atoms with Crippen molar-refractivity contribution in [3.8, 4) is 5.69 Å². The SMILES string of the molecule is Cc1cc(C(=O)Nc2cc(F)c(C(=N)N3CCCC3)cc2F)n(-c2cc3ccccc3cc2F)n1. The minimum Gasteiger partial charge on any atom is -0.357 e. The van der Waals surface area contributed by atoms with Gasteiger partial charge in [0.15, 0.2) is 0 Å². The number of nitrogens with zero attached hydrogens (tertiary/aromatic N) is 3. The molecule has 0 radical (unpaired) electrons. The molecule has 1 aliphatic rings. The molecule has 35 heavy (non-hydrogen) atoms. The van der Waals surface area contributed by atoms with E-state index in [1.165, 1.54) is 12.1 Å². The highest BCUT2D eigenvalue weighted by molar-refractivity contribution is 6.04. The van der Waals surface area contributed by atoms with Gasteiger partial charge in [0.1, 0.15) is 34.7 Å². The van der Waals surface area contributed by atoms with Crippen molar-refractivity contribution < 1.29 is 18.0 Å². The van der Waals surface area contributed by atoms with E-state index in [4.69, 9.17) is 5.41 Å². The van der Waals surface area contributed by atoms with Crippen LogP contribution in [0.2, 0.25) is 0 Å². The fourth-order valence-corrected chi connectivity index (χ4v) is 4.33. The molecule has 0 spiro atoms. The molecule has 0 atom stereocenters. The van der Waals surface area contributed by atoms with E-state index in [2.05, 4.69) is 10.4 Å². The number of nitrogens with one attached hydrogen (secondary N) is 2. The molecule has 0 bridgehead atoms. The van der Waals surface area contributed by atoms with Gasteiger partial charge in [-0.2, -0.15) is 5.10 Å². The summed E-state index contributed by atoms with van der Waals surface area (Å²) >= 11 is 0. The Labute approximate surface area is 199 Å². The Hall–Kier alpha value is -4.14. The van der Waals surface area contributed by atoms with E-state index >= 15 is 0 Å². The van der Waals surface area contributed by atoms with Crippen LogP contribution >= 0.6 is 0 Å². The third-order valence-electron chi connectivity index (χ3n) is 6.09. The monoisotopic (exact) mass is 477 g/mol. The average molecular weight is 477 g/mol. The highest BCUT2D eigenvalue weighted by atomic mass is 19.1. The predicted octanol–water partition coefficient (Wildman–Crippen LogP) is 5.42. The van der Waals surface area contributed by atoms with E-state index in [1.54, 1.807) is 30.0 Å². The largest absolute Gasteiger partial charge is 0.357 e. The second kappa shape index (κ2) is 8.90. The molecule has 0 aliphatic carbocycles. The first-order valence-corrected chi connectivity index (χ1v) is 11.2. The van der Waals surface area contributed by atoms with Crippen LogP contribution in [0.5, 0.6) is 0 Å². The molecule has 6 nitrogen and oxygen atoms in total. The minimum atomic E-state index is -0.877. The third-order valence-corrected chi connectivity index (χ3v) is 6.09. The highest BCUT2D eigenvalue weighted by Crippen LogP contribution is 2.26. The number of aromatic nitrogens is 2. The van der Waals surface area contributed by atoms with Gasteiger partial charge in [-0.1, -0.05) is 24.3 Å². The minimum absolute atomic E-state index is 0.0367. The van der Waals surface area contributed by atoms with Crippen LogP contribution in [0.15, 0.2) is 54.6 Å². The van der Waals surface area contributed by atoms with Crippen LogP contribution in [0.3, 0.4) is 0 Å². The van der Waals surface area contributed by atoms with Crippen molar-refractivity contribution in [2.45, 2.75) is 19.8 Å². The summed E-state index contributed by atoms with van der Waals surface area (Å²) in [6.07, 6.45) is 1.79. The first-order chi connectivity index (χ1) is 16.8. The summed E-state index contributed by atoms with van der Waals surface area (Å²) < 4.78 is 45.7. The molecule has 9 heteroatoms. The Morgan fingerprint density at radius 2 is 1.63 bits per heavy atom. The number of anilines is 1. The van der Waals surface area contributed by atoms with Gasteiger partial charge in [0.05, 0.1) is 16.9 Å². The van der Waals surface area contributed by atoms with E-state index < -0.39 is 23.4 Å². The normalized spacial score (nSPS) is 13.4. The van der Waals surface area contributed by atoms with Gasteiger partial charge in [-0.25, -0.2) is 17.9 Å².